The van der Waals surface area contributed by atoms with Gasteiger partial charge in [-0.3, -0.25) is 4.79 Å². The van der Waals surface area contributed by atoms with Gasteiger partial charge in [0, 0.05) is 12.6 Å². The summed E-state index contributed by atoms with van der Waals surface area (Å²) >= 11 is 1.49. The number of para-hydroxylation sites is 1. The number of nitrogens with zero attached hydrogens (tertiary/aromatic N) is 2. The van der Waals surface area contributed by atoms with E-state index in [0.717, 1.165) is 21.5 Å². The van der Waals surface area contributed by atoms with E-state index in [9.17, 15) is 4.79 Å². The van der Waals surface area contributed by atoms with Crippen molar-refractivity contribution in [1.82, 2.24) is 4.57 Å². The lowest BCUT2D eigenvalue weighted by molar-refractivity contribution is 0.0998. The molecule has 0 bridgehead atoms. The standard InChI is InChI=1S/C18H18N2O2S/c1-4-22-14-6-5-7-15-16(14)20(3)18(23-15)19-17(21)13-10-8-12(2)9-11-13/h5-11H,4H2,1-3H3. The first-order chi connectivity index (χ1) is 11.1. The van der Waals surface area contributed by atoms with Gasteiger partial charge in [0.15, 0.2) is 4.80 Å². The number of benzene rings is 2. The highest BCUT2D eigenvalue weighted by Gasteiger charge is 2.10. The average Bonchev–Trinajstić information content (AvgIpc) is 2.85. The van der Waals surface area contributed by atoms with Crippen LogP contribution in [0.3, 0.4) is 0 Å². The zero-order valence-corrected chi connectivity index (χ0v) is 14.2. The van der Waals surface area contributed by atoms with Crippen LogP contribution in [0.5, 0.6) is 5.75 Å². The predicted molar refractivity (Wildman–Crippen MR) is 93.0 cm³/mol. The van der Waals surface area contributed by atoms with E-state index in [-0.39, 0.29) is 5.91 Å². The molecule has 118 valence electrons. The Bertz CT molecular complexity index is 920. The molecule has 3 rings (SSSR count). The third-order valence-corrected chi connectivity index (χ3v) is 4.68. The molecule has 4 nitrogen and oxygen atoms in total. The summed E-state index contributed by atoms with van der Waals surface area (Å²) in [5, 5.41) is 0. The maximum Gasteiger partial charge on any atom is 0.279 e. The van der Waals surface area contributed by atoms with E-state index in [1.165, 1.54) is 11.3 Å². The van der Waals surface area contributed by atoms with Gasteiger partial charge < -0.3 is 9.30 Å². The van der Waals surface area contributed by atoms with Gasteiger partial charge in [0.05, 0.1) is 11.3 Å². The number of hydrogen-bond donors (Lipinski definition) is 0. The molecule has 0 spiro atoms. The average molecular weight is 326 g/mol. The number of amides is 1. The summed E-state index contributed by atoms with van der Waals surface area (Å²) < 4.78 is 8.64. The number of carbonyl (C=O) groups is 1. The van der Waals surface area contributed by atoms with Gasteiger partial charge >= 0.3 is 0 Å². The Morgan fingerprint density at radius 3 is 2.65 bits per heavy atom. The summed E-state index contributed by atoms with van der Waals surface area (Å²) in [6.45, 7) is 4.55. The summed E-state index contributed by atoms with van der Waals surface area (Å²) in [6.07, 6.45) is 0. The molecule has 0 radical (unpaired) electrons. The zero-order chi connectivity index (χ0) is 16.4. The maximum atomic E-state index is 12.4. The van der Waals surface area contributed by atoms with Crippen molar-refractivity contribution >= 4 is 27.5 Å². The molecule has 0 aliphatic heterocycles. The van der Waals surface area contributed by atoms with Crippen molar-refractivity contribution < 1.29 is 9.53 Å². The van der Waals surface area contributed by atoms with Crippen LogP contribution in [0.4, 0.5) is 0 Å². The SMILES string of the molecule is CCOc1cccc2sc(=NC(=O)c3ccc(C)cc3)n(C)c12. The molecule has 1 heterocycles. The van der Waals surface area contributed by atoms with Crippen LogP contribution in [0.15, 0.2) is 47.5 Å². The Balaban J connectivity index is 2.09. The molecule has 1 aromatic heterocycles. The van der Waals surface area contributed by atoms with Gasteiger partial charge in [-0.15, -0.1) is 0 Å². The van der Waals surface area contributed by atoms with Crippen LogP contribution in [0.1, 0.15) is 22.8 Å². The summed E-state index contributed by atoms with van der Waals surface area (Å²) in [5.41, 5.74) is 2.68. The van der Waals surface area contributed by atoms with Gasteiger partial charge in [0.2, 0.25) is 0 Å². The van der Waals surface area contributed by atoms with Crippen molar-refractivity contribution in [3.63, 3.8) is 0 Å². The second kappa shape index (κ2) is 6.38. The minimum absolute atomic E-state index is 0.231. The molecular formula is C18H18N2O2S. The van der Waals surface area contributed by atoms with E-state index in [2.05, 4.69) is 4.99 Å². The fourth-order valence-corrected chi connectivity index (χ4v) is 3.43. The quantitative estimate of drug-likeness (QED) is 0.737. The van der Waals surface area contributed by atoms with Crippen LogP contribution in [-0.2, 0) is 7.05 Å². The van der Waals surface area contributed by atoms with E-state index >= 15 is 0 Å². The monoisotopic (exact) mass is 326 g/mol. The molecule has 2 aromatic carbocycles. The fourth-order valence-electron chi connectivity index (χ4n) is 2.39. The number of thiazole rings is 1. The highest BCUT2D eigenvalue weighted by molar-refractivity contribution is 7.16. The Morgan fingerprint density at radius 1 is 1.22 bits per heavy atom. The van der Waals surface area contributed by atoms with Gasteiger partial charge in [-0.2, -0.15) is 4.99 Å². The van der Waals surface area contributed by atoms with Crippen LogP contribution >= 0.6 is 11.3 Å². The van der Waals surface area contributed by atoms with E-state index < -0.39 is 0 Å². The normalized spacial score (nSPS) is 11.9. The molecule has 0 aliphatic carbocycles. The lowest BCUT2D eigenvalue weighted by Gasteiger charge is -2.05. The predicted octanol–water partition coefficient (Wildman–Crippen LogP) is 3.69. The summed E-state index contributed by atoms with van der Waals surface area (Å²) in [7, 11) is 1.91. The minimum atomic E-state index is -0.231. The second-order valence-electron chi connectivity index (χ2n) is 5.26. The van der Waals surface area contributed by atoms with Crippen LogP contribution in [0, 0.1) is 6.92 Å². The van der Waals surface area contributed by atoms with E-state index in [0.29, 0.717) is 17.0 Å². The van der Waals surface area contributed by atoms with Gasteiger partial charge in [-0.05, 0) is 38.1 Å². The van der Waals surface area contributed by atoms with Crippen molar-refractivity contribution in [3.05, 3.63) is 58.4 Å². The largest absolute Gasteiger partial charge is 0.492 e. The Kier molecular flexibility index (Phi) is 4.30. The Hall–Kier alpha value is -2.40. The number of aryl methyl sites for hydroxylation is 2. The lowest BCUT2D eigenvalue weighted by Crippen LogP contribution is -2.13. The maximum absolute atomic E-state index is 12.4. The molecule has 0 saturated carbocycles. The second-order valence-corrected chi connectivity index (χ2v) is 6.27. The first-order valence-corrected chi connectivity index (χ1v) is 8.29. The van der Waals surface area contributed by atoms with Crippen molar-refractivity contribution in [2.24, 2.45) is 12.0 Å². The lowest BCUT2D eigenvalue weighted by atomic mass is 10.1. The van der Waals surface area contributed by atoms with Crippen molar-refractivity contribution in [1.29, 1.82) is 0 Å². The van der Waals surface area contributed by atoms with E-state index in [1.807, 2.05) is 55.8 Å². The summed E-state index contributed by atoms with van der Waals surface area (Å²) in [4.78, 5) is 17.3. The molecule has 0 aliphatic rings. The first kappa shape index (κ1) is 15.5. The van der Waals surface area contributed by atoms with Crippen LogP contribution in [0.2, 0.25) is 0 Å². The number of ether oxygens (including phenoxy) is 1. The molecule has 23 heavy (non-hydrogen) atoms. The zero-order valence-electron chi connectivity index (χ0n) is 13.4. The molecule has 3 aromatic rings. The number of fused-ring (bicyclic) bond motifs is 1. The first-order valence-electron chi connectivity index (χ1n) is 7.47. The molecule has 0 unspecified atom stereocenters. The number of rotatable bonds is 3. The molecule has 0 atom stereocenters. The number of carbonyl (C=O) groups excluding carboxylic acids is 1. The van der Waals surface area contributed by atoms with E-state index in [4.69, 9.17) is 4.74 Å². The van der Waals surface area contributed by atoms with Crippen molar-refractivity contribution in [2.45, 2.75) is 13.8 Å². The van der Waals surface area contributed by atoms with Crippen LogP contribution in [0.25, 0.3) is 10.2 Å². The minimum Gasteiger partial charge on any atom is -0.492 e. The van der Waals surface area contributed by atoms with E-state index in [1.54, 1.807) is 12.1 Å². The van der Waals surface area contributed by atoms with Crippen LogP contribution in [-0.4, -0.2) is 17.1 Å². The van der Waals surface area contributed by atoms with Gasteiger partial charge in [0.25, 0.3) is 5.91 Å². The molecule has 0 N–H and O–H groups in total. The van der Waals surface area contributed by atoms with Gasteiger partial charge in [0.1, 0.15) is 11.3 Å². The highest BCUT2D eigenvalue weighted by atomic mass is 32.1. The summed E-state index contributed by atoms with van der Waals surface area (Å²) in [6, 6.07) is 13.3. The molecular weight excluding hydrogens is 308 g/mol. The number of aromatic nitrogens is 1. The molecule has 1 amide bonds. The number of hydrogen-bond acceptors (Lipinski definition) is 3. The third kappa shape index (κ3) is 3.05. The van der Waals surface area contributed by atoms with Crippen molar-refractivity contribution in [3.8, 4) is 5.75 Å². The topological polar surface area (TPSA) is 43.6 Å². The molecule has 0 saturated heterocycles. The Labute approximate surface area is 138 Å². The van der Waals surface area contributed by atoms with Crippen LogP contribution < -0.4 is 9.54 Å². The summed E-state index contributed by atoms with van der Waals surface area (Å²) in [5.74, 6) is 0.582. The van der Waals surface area contributed by atoms with Crippen molar-refractivity contribution in [2.75, 3.05) is 6.61 Å². The highest BCUT2D eigenvalue weighted by Crippen LogP contribution is 2.26. The third-order valence-electron chi connectivity index (χ3n) is 3.58. The van der Waals surface area contributed by atoms with Gasteiger partial charge in [-0.25, -0.2) is 0 Å². The van der Waals surface area contributed by atoms with Gasteiger partial charge in [-0.1, -0.05) is 35.1 Å². The smallest absolute Gasteiger partial charge is 0.279 e. The Morgan fingerprint density at radius 2 is 1.96 bits per heavy atom. The molecule has 0 fully saturated rings. The molecule has 5 heteroatoms. The fraction of sp³-hybridized carbons (Fsp3) is 0.222.